The van der Waals surface area contributed by atoms with E-state index in [0.717, 1.165) is 5.69 Å². The normalized spacial score (nSPS) is 17.2. The maximum absolute atomic E-state index is 13.4. The number of rotatable bonds is 6. The fourth-order valence-electron chi connectivity index (χ4n) is 4.52. The fraction of sp³-hybridized carbons (Fsp3) is 0.308. The molecule has 2 aliphatic heterocycles. The zero-order valence-corrected chi connectivity index (χ0v) is 21.8. The van der Waals surface area contributed by atoms with Crippen molar-refractivity contribution in [1.82, 2.24) is 9.47 Å². The van der Waals surface area contributed by atoms with Crippen LogP contribution < -0.4 is 15.4 Å². The van der Waals surface area contributed by atoms with E-state index in [2.05, 4.69) is 22.4 Å². The predicted molar refractivity (Wildman–Crippen MR) is 147 cm³/mol. The summed E-state index contributed by atoms with van der Waals surface area (Å²) in [5.41, 5.74) is 1.87. The van der Waals surface area contributed by atoms with E-state index < -0.39 is 0 Å². The number of carbonyl (C=O) groups is 1. The second-order valence-corrected chi connectivity index (χ2v) is 10.1. The molecule has 36 heavy (non-hydrogen) atoms. The number of thioether (sulfide) groups is 1. The average Bonchev–Trinajstić information content (AvgIpc) is 3.14. The summed E-state index contributed by atoms with van der Waals surface area (Å²) in [6.07, 6.45) is 3.38. The minimum atomic E-state index is -0.343. The van der Waals surface area contributed by atoms with Gasteiger partial charge in [0.1, 0.15) is 27.6 Å². The first-order valence-corrected chi connectivity index (χ1v) is 12.8. The van der Waals surface area contributed by atoms with Gasteiger partial charge in [0.25, 0.3) is 11.5 Å². The minimum Gasteiger partial charge on any atom is -0.368 e. The number of hydrogen-bond acceptors (Lipinski definition) is 7. The highest BCUT2D eigenvalue weighted by molar-refractivity contribution is 8.26. The second-order valence-electron chi connectivity index (χ2n) is 8.43. The highest BCUT2D eigenvalue weighted by Crippen LogP contribution is 2.36. The Kier molecular flexibility index (Phi) is 7.62. The summed E-state index contributed by atoms with van der Waals surface area (Å²) in [6.45, 7) is 10.6. The van der Waals surface area contributed by atoms with Gasteiger partial charge in [0.15, 0.2) is 0 Å². The lowest BCUT2D eigenvalue weighted by Crippen LogP contribution is -2.48. The highest BCUT2D eigenvalue weighted by atomic mass is 32.2. The quantitative estimate of drug-likeness (QED) is 0.323. The zero-order chi connectivity index (χ0) is 26.0. The third kappa shape index (κ3) is 4.68. The van der Waals surface area contributed by atoms with Gasteiger partial charge in [-0.05, 0) is 49.8 Å². The Morgan fingerprint density at radius 2 is 1.81 bits per heavy atom. The summed E-state index contributed by atoms with van der Waals surface area (Å²) in [5.74, 6) is 0.191. The standard InChI is InChI=1S/C26H26FN5O2S2/c1-4-10-32-25(34)22(36-26(32)35)15-20-17(3)21(16-28)24(33)31(5-2)23(20)30-13-11-29(12-14-30)19-8-6-18(27)7-9-19/h4,6-9,15H,1,5,10-14H2,2-3H3. The molecular formula is C26H26FN5O2S2. The fourth-order valence-corrected chi connectivity index (χ4v) is 5.78. The van der Waals surface area contributed by atoms with E-state index in [1.165, 1.54) is 28.8 Å². The number of nitriles is 1. The van der Waals surface area contributed by atoms with Crippen LogP contribution in [0.25, 0.3) is 6.08 Å². The largest absolute Gasteiger partial charge is 0.368 e. The van der Waals surface area contributed by atoms with E-state index in [0.29, 0.717) is 65.4 Å². The van der Waals surface area contributed by atoms with Crippen LogP contribution in [0.3, 0.4) is 0 Å². The summed E-state index contributed by atoms with van der Waals surface area (Å²) < 4.78 is 15.4. The first-order chi connectivity index (χ1) is 17.3. The van der Waals surface area contributed by atoms with Crippen LogP contribution in [0.2, 0.25) is 0 Å². The number of pyridine rings is 1. The van der Waals surface area contributed by atoms with Crippen molar-refractivity contribution in [1.29, 1.82) is 5.26 Å². The lowest BCUT2D eigenvalue weighted by molar-refractivity contribution is -0.121. The number of benzene rings is 1. The lowest BCUT2D eigenvalue weighted by atomic mass is 10.0. The summed E-state index contributed by atoms with van der Waals surface area (Å²) in [6, 6.07) is 8.46. The van der Waals surface area contributed by atoms with Crippen molar-refractivity contribution in [3.05, 3.63) is 74.7 Å². The van der Waals surface area contributed by atoms with Crippen molar-refractivity contribution in [2.45, 2.75) is 20.4 Å². The van der Waals surface area contributed by atoms with E-state index in [1.54, 1.807) is 35.8 Å². The Morgan fingerprint density at radius 3 is 2.39 bits per heavy atom. The molecule has 1 amide bonds. The van der Waals surface area contributed by atoms with Crippen LogP contribution in [-0.4, -0.2) is 52.4 Å². The number of thiocarbonyl (C=S) groups is 1. The number of amides is 1. The number of hydrogen-bond donors (Lipinski definition) is 0. The van der Waals surface area contributed by atoms with Crippen LogP contribution in [0.5, 0.6) is 0 Å². The van der Waals surface area contributed by atoms with Crippen LogP contribution >= 0.6 is 24.0 Å². The van der Waals surface area contributed by atoms with Gasteiger partial charge in [-0.15, -0.1) is 6.58 Å². The van der Waals surface area contributed by atoms with Crippen LogP contribution in [0, 0.1) is 24.1 Å². The summed E-state index contributed by atoms with van der Waals surface area (Å²) >= 11 is 6.59. The van der Waals surface area contributed by atoms with Gasteiger partial charge in [0.2, 0.25) is 0 Å². The minimum absolute atomic E-state index is 0.0679. The molecule has 4 rings (SSSR count). The highest BCUT2D eigenvalue weighted by Gasteiger charge is 2.33. The van der Waals surface area contributed by atoms with Crippen molar-refractivity contribution in [3.8, 4) is 6.07 Å². The molecule has 0 radical (unpaired) electrons. The number of piperazine rings is 1. The van der Waals surface area contributed by atoms with E-state index in [4.69, 9.17) is 12.2 Å². The van der Waals surface area contributed by atoms with Gasteiger partial charge < -0.3 is 9.80 Å². The SMILES string of the molecule is C=CCN1C(=O)C(=Cc2c(C)c(C#N)c(=O)n(CC)c2N2CCN(c3ccc(F)cc3)CC2)SC1=S. The Morgan fingerprint density at radius 1 is 1.17 bits per heavy atom. The third-order valence-electron chi connectivity index (χ3n) is 6.39. The van der Waals surface area contributed by atoms with Gasteiger partial charge in [-0.1, -0.05) is 30.1 Å². The number of halogens is 1. The molecule has 0 atom stereocenters. The number of aromatic nitrogens is 1. The molecule has 3 heterocycles. The Labute approximate surface area is 219 Å². The molecule has 2 saturated heterocycles. The molecule has 0 unspecified atom stereocenters. The van der Waals surface area contributed by atoms with Crippen molar-refractivity contribution < 1.29 is 9.18 Å². The molecule has 0 N–H and O–H groups in total. The number of carbonyl (C=O) groups excluding carboxylic acids is 1. The summed E-state index contributed by atoms with van der Waals surface area (Å²) in [4.78, 5) is 32.5. The van der Waals surface area contributed by atoms with Gasteiger partial charge in [-0.3, -0.25) is 19.1 Å². The van der Waals surface area contributed by atoms with Crippen LogP contribution in [0.4, 0.5) is 15.9 Å². The molecule has 2 aliphatic rings. The molecule has 7 nitrogen and oxygen atoms in total. The zero-order valence-electron chi connectivity index (χ0n) is 20.2. The third-order valence-corrected chi connectivity index (χ3v) is 7.77. The molecule has 0 bridgehead atoms. The van der Waals surface area contributed by atoms with Gasteiger partial charge in [-0.2, -0.15) is 5.26 Å². The van der Waals surface area contributed by atoms with Crippen LogP contribution in [0.1, 0.15) is 23.6 Å². The Bertz CT molecular complexity index is 1350. The number of anilines is 2. The molecule has 186 valence electrons. The molecule has 1 aromatic carbocycles. The Balaban J connectivity index is 1.76. The van der Waals surface area contributed by atoms with Gasteiger partial charge in [0, 0.05) is 50.5 Å². The molecule has 2 aromatic rings. The van der Waals surface area contributed by atoms with E-state index in [-0.39, 0.29) is 22.8 Å². The summed E-state index contributed by atoms with van der Waals surface area (Å²) in [7, 11) is 0. The predicted octanol–water partition coefficient (Wildman–Crippen LogP) is 3.90. The van der Waals surface area contributed by atoms with Crippen LogP contribution in [0.15, 0.2) is 46.6 Å². The molecular weight excluding hydrogens is 497 g/mol. The maximum Gasteiger partial charge on any atom is 0.270 e. The van der Waals surface area contributed by atoms with Gasteiger partial charge >= 0.3 is 0 Å². The van der Waals surface area contributed by atoms with Gasteiger partial charge in [0.05, 0.1) is 4.91 Å². The molecule has 2 fully saturated rings. The van der Waals surface area contributed by atoms with Gasteiger partial charge in [-0.25, -0.2) is 4.39 Å². The average molecular weight is 524 g/mol. The first-order valence-electron chi connectivity index (χ1n) is 11.6. The molecule has 0 spiro atoms. The first kappa shape index (κ1) is 25.7. The molecule has 0 aliphatic carbocycles. The molecule has 0 saturated carbocycles. The van der Waals surface area contributed by atoms with E-state index in [1.807, 2.05) is 6.92 Å². The smallest absolute Gasteiger partial charge is 0.270 e. The van der Waals surface area contributed by atoms with Crippen molar-refractivity contribution in [2.75, 3.05) is 42.5 Å². The topological polar surface area (TPSA) is 72.6 Å². The summed E-state index contributed by atoms with van der Waals surface area (Å²) in [5, 5.41) is 9.75. The Hall–Kier alpha value is -3.42. The second kappa shape index (κ2) is 10.7. The molecule has 1 aromatic heterocycles. The lowest BCUT2D eigenvalue weighted by Gasteiger charge is -2.39. The maximum atomic E-state index is 13.4. The van der Waals surface area contributed by atoms with Crippen LogP contribution in [-0.2, 0) is 11.3 Å². The van der Waals surface area contributed by atoms with Crippen molar-refractivity contribution >= 4 is 51.8 Å². The monoisotopic (exact) mass is 523 g/mol. The van der Waals surface area contributed by atoms with E-state index in [9.17, 15) is 19.2 Å². The number of nitrogens with zero attached hydrogens (tertiary/aromatic N) is 5. The van der Waals surface area contributed by atoms with Crippen molar-refractivity contribution in [3.63, 3.8) is 0 Å². The van der Waals surface area contributed by atoms with E-state index >= 15 is 0 Å². The molecule has 10 heteroatoms. The van der Waals surface area contributed by atoms with Crippen molar-refractivity contribution in [2.24, 2.45) is 0 Å².